The van der Waals surface area contributed by atoms with Crippen molar-refractivity contribution in [3.05, 3.63) is 33.2 Å². The predicted octanol–water partition coefficient (Wildman–Crippen LogP) is 3.68. The predicted molar refractivity (Wildman–Crippen MR) is 78.4 cm³/mol. The number of rotatable bonds is 4. The number of thioether (sulfide) groups is 1. The lowest BCUT2D eigenvalue weighted by Crippen LogP contribution is -2.14. The largest absolute Gasteiger partial charge is 0.324 e. The van der Waals surface area contributed by atoms with E-state index in [2.05, 4.69) is 31.4 Å². The fourth-order valence-electron chi connectivity index (χ4n) is 1.13. The maximum atomic E-state index is 11.7. The van der Waals surface area contributed by atoms with Crippen molar-refractivity contribution in [2.75, 3.05) is 11.1 Å². The second-order valence-electron chi connectivity index (χ2n) is 3.17. The summed E-state index contributed by atoms with van der Waals surface area (Å²) in [6.45, 7) is 0. The normalized spacial score (nSPS) is 10.3. The van der Waals surface area contributed by atoms with Crippen molar-refractivity contribution in [2.45, 2.75) is 4.34 Å². The Morgan fingerprint density at radius 1 is 1.56 bits per heavy atom. The summed E-state index contributed by atoms with van der Waals surface area (Å²) in [5.74, 6) is 0.154. The van der Waals surface area contributed by atoms with Crippen LogP contribution in [0.1, 0.15) is 0 Å². The van der Waals surface area contributed by atoms with Crippen LogP contribution in [0.2, 0.25) is 5.02 Å². The second-order valence-corrected chi connectivity index (χ2v) is 6.54. The van der Waals surface area contributed by atoms with Crippen molar-refractivity contribution in [3.8, 4) is 0 Å². The van der Waals surface area contributed by atoms with Gasteiger partial charge in [-0.2, -0.15) is 0 Å². The zero-order valence-electron chi connectivity index (χ0n) is 8.89. The van der Waals surface area contributed by atoms with Crippen molar-refractivity contribution in [1.82, 2.24) is 10.2 Å². The summed E-state index contributed by atoms with van der Waals surface area (Å²) in [5, 5.41) is 10.8. The topological polar surface area (TPSA) is 54.9 Å². The van der Waals surface area contributed by atoms with Crippen LogP contribution in [0.25, 0.3) is 0 Å². The molecular weight excluding hydrogens is 358 g/mol. The third-order valence-corrected chi connectivity index (χ3v) is 4.54. The number of hydrogen-bond acceptors (Lipinski definition) is 5. The van der Waals surface area contributed by atoms with Crippen LogP contribution in [0.5, 0.6) is 0 Å². The van der Waals surface area contributed by atoms with E-state index < -0.39 is 0 Å². The minimum absolute atomic E-state index is 0.126. The number of hydrogen-bond donors (Lipinski definition) is 1. The molecule has 94 valence electrons. The number of nitrogens with zero attached hydrogens (tertiary/aromatic N) is 2. The first-order chi connectivity index (χ1) is 8.65. The fraction of sp³-hybridized carbons (Fsp3) is 0.100. The van der Waals surface area contributed by atoms with E-state index in [1.807, 2.05) is 6.07 Å². The summed E-state index contributed by atoms with van der Waals surface area (Å²) in [5.41, 5.74) is 2.23. The SMILES string of the molecule is O=C(CSc1nncs1)Nc1ccc(Br)cc1Cl. The van der Waals surface area contributed by atoms with Crippen LogP contribution in [0.3, 0.4) is 0 Å². The molecule has 1 amide bonds. The number of aromatic nitrogens is 2. The average molecular weight is 365 g/mol. The van der Waals surface area contributed by atoms with E-state index in [1.54, 1.807) is 17.6 Å². The maximum Gasteiger partial charge on any atom is 0.234 e. The molecule has 0 aliphatic heterocycles. The molecule has 0 fully saturated rings. The molecular formula is C10H7BrClN3OS2. The smallest absolute Gasteiger partial charge is 0.234 e. The number of amides is 1. The van der Waals surface area contributed by atoms with E-state index in [4.69, 9.17) is 11.6 Å². The zero-order chi connectivity index (χ0) is 13.0. The van der Waals surface area contributed by atoms with Gasteiger partial charge in [0.2, 0.25) is 5.91 Å². The van der Waals surface area contributed by atoms with Gasteiger partial charge < -0.3 is 5.32 Å². The van der Waals surface area contributed by atoms with E-state index in [0.29, 0.717) is 10.7 Å². The Morgan fingerprint density at radius 2 is 2.39 bits per heavy atom. The standard InChI is InChI=1S/C10H7BrClN3OS2/c11-6-1-2-8(7(12)3-6)14-9(16)4-17-10-15-13-5-18-10/h1-3,5H,4H2,(H,14,16). The molecule has 0 unspecified atom stereocenters. The minimum atomic E-state index is -0.126. The van der Waals surface area contributed by atoms with E-state index in [9.17, 15) is 4.79 Å². The highest BCUT2D eigenvalue weighted by molar-refractivity contribution is 9.10. The summed E-state index contributed by atoms with van der Waals surface area (Å²) in [7, 11) is 0. The van der Waals surface area contributed by atoms with Gasteiger partial charge in [-0.1, -0.05) is 50.6 Å². The Hall–Kier alpha value is -0.630. The van der Waals surface area contributed by atoms with Gasteiger partial charge in [0, 0.05) is 4.47 Å². The lowest BCUT2D eigenvalue weighted by Gasteiger charge is -2.06. The third kappa shape index (κ3) is 3.94. The highest BCUT2D eigenvalue weighted by Gasteiger charge is 2.08. The van der Waals surface area contributed by atoms with Crippen LogP contribution in [0.4, 0.5) is 5.69 Å². The Balaban J connectivity index is 1.91. The number of halogens is 2. The van der Waals surface area contributed by atoms with Crippen LogP contribution in [-0.2, 0) is 4.79 Å². The Bertz CT molecular complexity index is 550. The lowest BCUT2D eigenvalue weighted by molar-refractivity contribution is -0.113. The molecule has 1 aromatic heterocycles. The average Bonchev–Trinajstić information content (AvgIpc) is 2.83. The molecule has 2 aromatic rings. The zero-order valence-corrected chi connectivity index (χ0v) is 12.9. The van der Waals surface area contributed by atoms with Crippen LogP contribution < -0.4 is 5.32 Å². The molecule has 0 saturated carbocycles. The number of carbonyl (C=O) groups excluding carboxylic acids is 1. The summed E-state index contributed by atoms with van der Waals surface area (Å²) >= 11 is 12.1. The molecule has 0 spiro atoms. The van der Waals surface area contributed by atoms with Gasteiger partial charge in [-0.05, 0) is 18.2 Å². The van der Waals surface area contributed by atoms with Crippen molar-refractivity contribution in [1.29, 1.82) is 0 Å². The van der Waals surface area contributed by atoms with Crippen molar-refractivity contribution in [2.24, 2.45) is 0 Å². The monoisotopic (exact) mass is 363 g/mol. The van der Waals surface area contributed by atoms with Gasteiger partial charge in [0.15, 0.2) is 4.34 Å². The highest BCUT2D eigenvalue weighted by atomic mass is 79.9. The number of benzene rings is 1. The number of carbonyl (C=O) groups is 1. The molecule has 0 aliphatic carbocycles. The molecule has 0 aliphatic rings. The molecule has 0 bridgehead atoms. The van der Waals surface area contributed by atoms with Crippen molar-refractivity contribution >= 4 is 62.2 Å². The summed E-state index contributed by atoms with van der Waals surface area (Å²) < 4.78 is 1.64. The number of anilines is 1. The van der Waals surface area contributed by atoms with Gasteiger partial charge in [0.25, 0.3) is 0 Å². The van der Waals surface area contributed by atoms with Crippen LogP contribution in [-0.4, -0.2) is 21.9 Å². The lowest BCUT2D eigenvalue weighted by atomic mass is 10.3. The Kier molecular flexibility index (Phi) is 4.99. The molecule has 0 atom stereocenters. The van der Waals surface area contributed by atoms with Crippen LogP contribution >= 0.6 is 50.6 Å². The Labute approximate surface area is 125 Å². The van der Waals surface area contributed by atoms with E-state index in [-0.39, 0.29) is 11.7 Å². The molecule has 8 heteroatoms. The van der Waals surface area contributed by atoms with Gasteiger partial charge in [-0.25, -0.2) is 0 Å². The molecule has 1 N–H and O–H groups in total. The van der Waals surface area contributed by atoms with Crippen molar-refractivity contribution in [3.63, 3.8) is 0 Å². The molecule has 0 radical (unpaired) electrons. The van der Waals surface area contributed by atoms with Crippen LogP contribution in [0, 0.1) is 0 Å². The van der Waals surface area contributed by atoms with Gasteiger partial charge >= 0.3 is 0 Å². The summed E-state index contributed by atoms with van der Waals surface area (Å²) in [4.78, 5) is 11.7. The first kappa shape index (κ1) is 13.8. The van der Waals surface area contributed by atoms with Crippen molar-refractivity contribution < 1.29 is 4.79 Å². The highest BCUT2D eigenvalue weighted by Crippen LogP contribution is 2.26. The van der Waals surface area contributed by atoms with Gasteiger partial charge in [-0.15, -0.1) is 10.2 Å². The fourth-order valence-corrected chi connectivity index (χ4v) is 3.14. The summed E-state index contributed by atoms with van der Waals surface area (Å²) in [6.07, 6.45) is 0. The van der Waals surface area contributed by atoms with Gasteiger partial charge in [0.1, 0.15) is 5.51 Å². The van der Waals surface area contributed by atoms with E-state index in [1.165, 1.54) is 23.1 Å². The van der Waals surface area contributed by atoms with Gasteiger partial charge in [0.05, 0.1) is 16.5 Å². The molecule has 1 heterocycles. The maximum absolute atomic E-state index is 11.7. The van der Waals surface area contributed by atoms with E-state index in [0.717, 1.165) is 8.81 Å². The quantitative estimate of drug-likeness (QED) is 0.841. The molecule has 0 saturated heterocycles. The van der Waals surface area contributed by atoms with Crippen LogP contribution in [0.15, 0.2) is 32.5 Å². The molecule has 4 nitrogen and oxygen atoms in total. The van der Waals surface area contributed by atoms with E-state index >= 15 is 0 Å². The first-order valence-corrected chi connectivity index (χ1v) is 7.82. The number of nitrogens with one attached hydrogen (secondary N) is 1. The van der Waals surface area contributed by atoms with Gasteiger partial charge in [-0.3, -0.25) is 4.79 Å². The Morgan fingerprint density at radius 3 is 3.06 bits per heavy atom. The molecule has 18 heavy (non-hydrogen) atoms. The second kappa shape index (κ2) is 6.51. The minimum Gasteiger partial charge on any atom is -0.324 e. The molecule has 1 aromatic carbocycles. The molecule has 2 rings (SSSR count). The first-order valence-electron chi connectivity index (χ1n) is 4.79. The third-order valence-electron chi connectivity index (χ3n) is 1.87. The summed E-state index contributed by atoms with van der Waals surface area (Å²) in [6, 6.07) is 5.30.